The Balaban J connectivity index is 1.76. The summed E-state index contributed by atoms with van der Waals surface area (Å²) in [6.45, 7) is 2.14. The van der Waals surface area contributed by atoms with E-state index in [9.17, 15) is 13.2 Å². The minimum atomic E-state index is -3.87. The maximum Gasteiger partial charge on any atom is 0.262 e. The van der Waals surface area contributed by atoms with Gasteiger partial charge in [-0.25, -0.2) is 13.6 Å². The number of nitrogens with zero attached hydrogens (tertiary/aromatic N) is 1. The van der Waals surface area contributed by atoms with Gasteiger partial charge in [0.05, 0.1) is 0 Å². The van der Waals surface area contributed by atoms with E-state index < -0.39 is 15.9 Å². The molecule has 3 N–H and O–H groups in total. The van der Waals surface area contributed by atoms with Crippen molar-refractivity contribution >= 4 is 27.3 Å². The normalized spacial score (nSPS) is 11.6. The van der Waals surface area contributed by atoms with Gasteiger partial charge in [-0.2, -0.15) is 0 Å². The molecule has 2 rings (SSSR count). The molecule has 0 saturated carbocycles. The maximum absolute atomic E-state index is 12.1. The lowest BCUT2D eigenvalue weighted by Crippen LogP contribution is -2.29. The van der Waals surface area contributed by atoms with Gasteiger partial charge in [-0.3, -0.25) is 4.79 Å². The molecule has 0 spiro atoms. The predicted molar refractivity (Wildman–Crippen MR) is 95.4 cm³/mol. The van der Waals surface area contributed by atoms with Gasteiger partial charge in [0.15, 0.2) is 0 Å². The summed E-state index contributed by atoms with van der Waals surface area (Å²) in [6.07, 6.45) is 0.769. The van der Waals surface area contributed by atoms with Crippen LogP contribution in [-0.4, -0.2) is 39.4 Å². The summed E-state index contributed by atoms with van der Waals surface area (Å²) < 4.78 is 22.8. The third-order valence-corrected chi connectivity index (χ3v) is 5.43. The van der Waals surface area contributed by atoms with E-state index in [-0.39, 0.29) is 9.77 Å². The van der Waals surface area contributed by atoms with Gasteiger partial charge in [0.25, 0.3) is 5.91 Å². The molecule has 0 atom stereocenters. The smallest absolute Gasteiger partial charge is 0.262 e. The molecule has 0 aliphatic heterocycles. The largest absolute Gasteiger partial charge is 0.351 e. The summed E-state index contributed by atoms with van der Waals surface area (Å²) in [5.74, 6) is -0.403. The first-order valence-electron chi connectivity index (χ1n) is 7.49. The molecule has 0 aliphatic rings. The van der Waals surface area contributed by atoms with Gasteiger partial charge >= 0.3 is 0 Å². The van der Waals surface area contributed by atoms with Gasteiger partial charge in [0.2, 0.25) is 10.0 Å². The molecule has 0 fully saturated rings. The van der Waals surface area contributed by atoms with E-state index in [1.807, 2.05) is 25.2 Å². The highest BCUT2D eigenvalue weighted by Gasteiger charge is 2.20. The Bertz CT molecular complexity index is 773. The van der Waals surface area contributed by atoms with Crippen LogP contribution in [0.15, 0.2) is 46.7 Å². The Kier molecular flexibility index (Phi) is 6.50. The third kappa shape index (κ3) is 5.41. The molecular formula is C16H21N3O3S2. The monoisotopic (exact) mass is 367 g/mol. The predicted octanol–water partition coefficient (Wildman–Crippen LogP) is 1.65. The van der Waals surface area contributed by atoms with Crippen molar-refractivity contribution < 1.29 is 13.2 Å². The van der Waals surface area contributed by atoms with Crippen LogP contribution in [0, 0.1) is 0 Å². The molecule has 130 valence electrons. The number of nitrogens with one attached hydrogen (secondary N) is 1. The van der Waals surface area contributed by atoms with Gasteiger partial charge in [-0.05, 0) is 37.0 Å². The van der Waals surface area contributed by atoms with Crippen LogP contribution in [0.4, 0.5) is 0 Å². The van der Waals surface area contributed by atoms with Crippen LogP contribution >= 0.6 is 11.3 Å². The van der Waals surface area contributed by atoms with Crippen LogP contribution in [0.1, 0.15) is 21.7 Å². The number of sulfonamides is 1. The summed E-state index contributed by atoms with van der Waals surface area (Å²) in [5.41, 5.74) is 1.24. The molecule has 0 bridgehead atoms. The lowest BCUT2D eigenvalue weighted by atomic mass is 10.2. The zero-order valence-corrected chi connectivity index (χ0v) is 15.1. The lowest BCUT2D eigenvalue weighted by Gasteiger charge is -2.16. The first kappa shape index (κ1) is 18.6. The van der Waals surface area contributed by atoms with E-state index in [0.29, 0.717) is 6.54 Å². The van der Waals surface area contributed by atoms with Crippen LogP contribution in [0.2, 0.25) is 0 Å². The van der Waals surface area contributed by atoms with E-state index in [2.05, 4.69) is 22.3 Å². The van der Waals surface area contributed by atoms with Crippen molar-refractivity contribution in [1.29, 1.82) is 0 Å². The molecular weight excluding hydrogens is 346 g/mol. The second-order valence-corrected chi connectivity index (χ2v) is 7.94. The van der Waals surface area contributed by atoms with Crippen molar-refractivity contribution in [3.05, 3.63) is 52.2 Å². The molecule has 1 aromatic heterocycles. The average molecular weight is 367 g/mol. The molecule has 0 aliphatic carbocycles. The SMILES string of the molecule is CN(CCCNC(=O)c1sccc1S(N)(=O)=O)Cc1ccccc1. The molecule has 0 saturated heterocycles. The summed E-state index contributed by atoms with van der Waals surface area (Å²) in [5, 5.41) is 9.39. The van der Waals surface area contributed by atoms with Crippen molar-refractivity contribution in [3.63, 3.8) is 0 Å². The maximum atomic E-state index is 12.1. The lowest BCUT2D eigenvalue weighted by molar-refractivity contribution is 0.0953. The summed E-state index contributed by atoms with van der Waals surface area (Å²) >= 11 is 1.07. The van der Waals surface area contributed by atoms with Crippen LogP contribution in [-0.2, 0) is 16.6 Å². The standard InChI is InChI=1S/C16H21N3O3S2/c1-19(12-13-6-3-2-4-7-13)10-5-9-18-16(20)15-14(8-11-23-15)24(17,21)22/h2-4,6-8,11H,5,9-10,12H2,1H3,(H,18,20)(H2,17,21,22). The molecule has 2 aromatic rings. The Morgan fingerprint density at radius 3 is 2.62 bits per heavy atom. The molecule has 1 aromatic carbocycles. The van der Waals surface area contributed by atoms with E-state index in [0.717, 1.165) is 30.8 Å². The minimum absolute atomic E-state index is 0.119. The summed E-state index contributed by atoms with van der Waals surface area (Å²) in [4.78, 5) is 14.3. The van der Waals surface area contributed by atoms with Gasteiger partial charge in [0, 0.05) is 13.1 Å². The number of hydrogen-bond donors (Lipinski definition) is 2. The molecule has 1 amide bonds. The fourth-order valence-corrected chi connectivity index (χ4v) is 4.18. The van der Waals surface area contributed by atoms with Gasteiger partial charge in [-0.15, -0.1) is 11.3 Å². The zero-order chi connectivity index (χ0) is 17.6. The second kappa shape index (κ2) is 8.39. The van der Waals surface area contributed by atoms with Crippen molar-refractivity contribution in [2.75, 3.05) is 20.1 Å². The first-order valence-corrected chi connectivity index (χ1v) is 9.91. The first-order chi connectivity index (χ1) is 11.4. The number of benzene rings is 1. The average Bonchev–Trinajstić information content (AvgIpc) is 3.02. The van der Waals surface area contributed by atoms with E-state index >= 15 is 0 Å². The Labute approximate surface area is 146 Å². The third-order valence-electron chi connectivity index (χ3n) is 3.44. The number of carbonyl (C=O) groups is 1. The topological polar surface area (TPSA) is 92.5 Å². The van der Waals surface area contributed by atoms with Crippen molar-refractivity contribution in [2.24, 2.45) is 5.14 Å². The minimum Gasteiger partial charge on any atom is -0.351 e. The number of thiophene rings is 1. The van der Waals surface area contributed by atoms with Gasteiger partial charge in [0.1, 0.15) is 9.77 Å². The Morgan fingerprint density at radius 1 is 1.25 bits per heavy atom. The molecule has 0 unspecified atom stereocenters. The molecule has 1 heterocycles. The number of carbonyl (C=O) groups excluding carboxylic acids is 1. The number of rotatable bonds is 8. The highest BCUT2D eigenvalue weighted by atomic mass is 32.2. The number of primary sulfonamides is 1. The van der Waals surface area contributed by atoms with Crippen LogP contribution in [0.5, 0.6) is 0 Å². The molecule has 6 nitrogen and oxygen atoms in total. The van der Waals surface area contributed by atoms with Gasteiger partial charge in [-0.1, -0.05) is 30.3 Å². The summed E-state index contributed by atoms with van der Waals surface area (Å²) in [7, 11) is -1.85. The van der Waals surface area contributed by atoms with Crippen molar-refractivity contribution in [2.45, 2.75) is 17.9 Å². The zero-order valence-electron chi connectivity index (χ0n) is 13.4. The fraction of sp³-hybridized carbons (Fsp3) is 0.312. The van der Waals surface area contributed by atoms with E-state index in [4.69, 9.17) is 5.14 Å². The van der Waals surface area contributed by atoms with Crippen LogP contribution in [0.25, 0.3) is 0 Å². The Hall–Kier alpha value is -1.74. The number of hydrogen-bond acceptors (Lipinski definition) is 5. The van der Waals surface area contributed by atoms with Crippen LogP contribution < -0.4 is 10.5 Å². The number of nitrogens with two attached hydrogens (primary N) is 1. The van der Waals surface area contributed by atoms with Gasteiger partial charge < -0.3 is 10.2 Å². The molecule has 0 radical (unpaired) electrons. The van der Waals surface area contributed by atoms with Crippen LogP contribution in [0.3, 0.4) is 0 Å². The molecule has 24 heavy (non-hydrogen) atoms. The summed E-state index contributed by atoms with van der Waals surface area (Å²) in [6, 6.07) is 11.5. The van der Waals surface area contributed by atoms with Crippen molar-refractivity contribution in [3.8, 4) is 0 Å². The second-order valence-electron chi connectivity index (χ2n) is 5.49. The van der Waals surface area contributed by atoms with Crippen molar-refractivity contribution in [1.82, 2.24) is 10.2 Å². The highest BCUT2D eigenvalue weighted by molar-refractivity contribution is 7.89. The van der Waals surface area contributed by atoms with E-state index in [1.54, 1.807) is 5.38 Å². The Morgan fingerprint density at radius 2 is 1.96 bits per heavy atom. The van der Waals surface area contributed by atoms with E-state index in [1.165, 1.54) is 11.6 Å². The quantitative estimate of drug-likeness (QED) is 0.694. The fourth-order valence-electron chi connectivity index (χ4n) is 2.29. The number of amides is 1. The molecule has 8 heteroatoms. The highest BCUT2D eigenvalue weighted by Crippen LogP contribution is 2.20.